The number of rotatable bonds is 7. The van der Waals surface area contributed by atoms with Crippen LogP contribution in [0.2, 0.25) is 0 Å². The summed E-state index contributed by atoms with van der Waals surface area (Å²) in [6.45, 7) is 7.65. The molecule has 1 atom stereocenters. The van der Waals surface area contributed by atoms with Crippen molar-refractivity contribution in [2.45, 2.75) is 39.9 Å². The van der Waals surface area contributed by atoms with Crippen molar-refractivity contribution in [1.82, 2.24) is 25.8 Å². The first-order chi connectivity index (χ1) is 18.5. The van der Waals surface area contributed by atoms with Gasteiger partial charge in [0.05, 0.1) is 35.5 Å². The number of aryl methyl sites for hydroxylation is 2. The maximum Gasteiger partial charge on any atom is 0.405 e. The molecule has 3 heterocycles. The fraction of sp³-hybridized carbons (Fsp3) is 0.346. The predicted octanol–water partition coefficient (Wildman–Crippen LogP) is 3.68. The summed E-state index contributed by atoms with van der Waals surface area (Å²) in [4.78, 5) is 34.3. The predicted molar refractivity (Wildman–Crippen MR) is 145 cm³/mol. The van der Waals surface area contributed by atoms with E-state index in [9.17, 15) is 22.8 Å². The van der Waals surface area contributed by atoms with E-state index in [0.29, 0.717) is 5.84 Å². The Balaban J connectivity index is 0.000000459. The lowest BCUT2D eigenvalue weighted by molar-refractivity contribution is -0.132. The van der Waals surface area contributed by atoms with E-state index in [-0.39, 0.29) is 12.5 Å². The van der Waals surface area contributed by atoms with Crippen molar-refractivity contribution < 1.29 is 22.8 Å². The van der Waals surface area contributed by atoms with Crippen LogP contribution in [0.1, 0.15) is 30.7 Å². The first kappa shape index (κ1) is 29.1. The molecule has 2 amide bonds. The van der Waals surface area contributed by atoms with Crippen LogP contribution in [0.15, 0.2) is 41.8 Å². The van der Waals surface area contributed by atoms with Crippen LogP contribution < -0.4 is 20.4 Å². The number of hydrogen-bond donors (Lipinski definition) is 3. The van der Waals surface area contributed by atoms with Crippen molar-refractivity contribution in [3.8, 4) is 0 Å². The number of halogens is 3. The highest BCUT2D eigenvalue weighted by Crippen LogP contribution is 2.33. The van der Waals surface area contributed by atoms with Gasteiger partial charge < -0.3 is 15.5 Å². The summed E-state index contributed by atoms with van der Waals surface area (Å²) < 4.78 is 33.1. The number of H-pyrrole nitrogens is 1. The average Bonchev–Trinajstić information content (AvgIpc) is 3.29. The molecule has 1 aliphatic heterocycles. The normalized spacial score (nSPS) is 14.8. The quantitative estimate of drug-likeness (QED) is 0.391. The van der Waals surface area contributed by atoms with Gasteiger partial charge in [-0.1, -0.05) is 12.1 Å². The SMILES string of the molecule is CCN(C)c1cccc(C)c1N(C=O)C1=NC=C(c2cncc3n[nH]c(C)c23)NC1C.O=CNCC(F)(F)F. The molecule has 13 heteroatoms. The molecule has 0 fully saturated rings. The van der Waals surface area contributed by atoms with Gasteiger partial charge in [-0.15, -0.1) is 0 Å². The minimum absolute atomic E-state index is 0.00743. The summed E-state index contributed by atoms with van der Waals surface area (Å²) in [5, 5.41) is 13.3. The van der Waals surface area contributed by atoms with E-state index in [1.54, 1.807) is 17.3 Å². The van der Waals surface area contributed by atoms with E-state index in [1.165, 1.54) is 5.32 Å². The van der Waals surface area contributed by atoms with E-state index in [4.69, 9.17) is 4.99 Å². The lowest BCUT2D eigenvalue weighted by Crippen LogP contribution is -2.46. The standard InChI is InChI=1S/C23H27N7O.C3H4F3NO/c1-6-29(5)20-9-7-8-14(2)22(20)30(13-31)23-16(4)26-18(12-25-23)17-10-24-11-19-21(17)15(3)27-28-19;4-3(5,6)1-7-2-8/h7-13,16,26H,6H2,1-5H3,(H,27,28);2H,1H2,(H,7,8). The maximum atomic E-state index is 12.3. The Morgan fingerprint density at radius 2 is 1.92 bits per heavy atom. The minimum Gasteiger partial charge on any atom is -0.374 e. The third-order valence-electron chi connectivity index (χ3n) is 6.10. The molecule has 2 aromatic heterocycles. The molecule has 208 valence electrons. The summed E-state index contributed by atoms with van der Waals surface area (Å²) >= 11 is 0. The van der Waals surface area contributed by atoms with Crippen LogP contribution in [-0.4, -0.2) is 66.2 Å². The highest BCUT2D eigenvalue weighted by molar-refractivity contribution is 6.16. The third-order valence-corrected chi connectivity index (χ3v) is 6.10. The molecule has 10 nitrogen and oxygen atoms in total. The van der Waals surface area contributed by atoms with Crippen molar-refractivity contribution in [3.05, 3.63) is 53.6 Å². The Morgan fingerprint density at radius 3 is 2.51 bits per heavy atom. The molecule has 0 radical (unpaired) electrons. The van der Waals surface area contributed by atoms with E-state index >= 15 is 0 Å². The Morgan fingerprint density at radius 1 is 1.18 bits per heavy atom. The number of nitrogens with one attached hydrogen (secondary N) is 3. The van der Waals surface area contributed by atoms with E-state index in [0.717, 1.165) is 57.8 Å². The third kappa shape index (κ3) is 6.72. The molecule has 1 unspecified atom stereocenters. The molecule has 1 aliphatic rings. The number of para-hydroxylation sites is 1. The second kappa shape index (κ2) is 12.4. The van der Waals surface area contributed by atoms with Gasteiger partial charge in [0.15, 0.2) is 0 Å². The van der Waals surface area contributed by atoms with Crippen LogP contribution in [0, 0.1) is 13.8 Å². The Hall–Kier alpha value is -4.42. The van der Waals surface area contributed by atoms with Gasteiger partial charge in [0.1, 0.15) is 17.9 Å². The smallest absolute Gasteiger partial charge is 0.374 e. The van der Waals surface area contributed by atoms with Gasteiger partial charge in [-0.05, 0) is 39.3 Å². The topological polar surface area (TPSA) is 119 Å². The van der Waals surface area contributed by atoms with Gasteiger partial charge in [0.2, 0.25) is 12.8 Å². The summed E-state index contributed by atoms with van der Waals surface area (Å²) in [7, 11) is 2.02. The lowest BCUT2D eigenvalue weighted by Gasteiger charge is -2.32. The number of aromatic amines is 1. The Kier molecular flexibility index (Phi) is 9.28. The molecule has 3 N–H and O–H groups in total. The van der Waals surface area contributed by atoms with Gasteiger partial charge in [-0.2, -0.15) is 18.3 Å². The van der Waals surface area contributed by atoms with Crippen molar-refractivity contribution in [2.75, 3.05) is 29.9 Å². The maximum absolute atomic E-state index is 12.3. The molecule has 0 saturated carbocycles. The fourth-order valence-corrected chi connectivity index (χ4v) is 4.14. The fourth-order valence-electron chi connectivity index (χ4n) is 4.14. The number of carbonyl (C=O) groups excluding carboxylic acids is 2. The van der Waals surface area contributed by atoms with Crippen LogP contribution in [0.4, 0.5) is 24.5 Å². The molecule has 0 saturated heterocycles. The van der Waals surface area contributed by atoms with Gasteiger partial charge in [0, 0.05) is 36.4 Å². The van der Waals surface area contributed by atoms with Crippen LogP contribution in [0.3, 0.4) is 0 Å². The Bertz CT molecular complexity index is 1380. The number of aromatic nitrogens is 3. The Labute approximate surface area is 224 Å². The molecule has 0 spiro atoms. The first-order valence-electron chi connectivity index (χ1n) is 12.1. The molecule has 3 aromatic rings. The highest BCUT2D eigenvalue weighted by atomic mass is 19.4. The first-order valence-corrected chi connectivity index (χ1v) is 12.1. The molecule has 1 aromatic carbocycles. The molecule has 0 bridgehead atoms. The number of hydrogen-bond acceptors (Lipinski definition) is 7. The molecule has 0 aliphatic carbocycles. The van der Waals surface area contributed by atoms with Crippen LogP contribution >= 0.6 is 0 Å². The van der Waals surface area contributed by atoms with Crippen molar-refractivity contribution in [1.29, 1.82) is 0 Å². The van der Waals surface area contributed by atoms with Gasteiger partial charge >= 0.3 is 6.18 Å². The largest absolute Gasteiger partial charge is 0.405 e. The van der Waals surface area contributed by atoms with Crippen LogP contribution in [0.5, 0.6) is 0 Å². The second-order valence-corrected chi connectivity index (χ2v) is 8.87. The average molecular weight is 545 g/mol. The number of benzene rings is 1. The van der Waals surface area contributed by atoms with Crippen molar-refractivity contribution in [3.63, 3.8) is 0 Å². The number of alkyl halides is 3. The molecule has 39 heavy (non-hydrogen) atoms. The highest BCUT2D eigenvalue weighted by Gasteiger charge is 2.28. The zero-order valence-electron chi connectivity index (χ0n) is 22.3. The van der Waals surface area contributed by atoms with Crippen molar-refractivity contribution >= 4 is 46.6 Å². The number of aliphatic imine (C=N–C) groups is 1. The van der Waals surface area contributed by atoms with Gasteiger partial charge in [0.25, 0.3) is 0 Å². The number of carbonyl (C=O) groups is 2. The van der Waals surface area contributed by atoms with Crippen LogP contribution in [-0.2, 0) is 9.59 Å². The lowest BCUT2D eigenvalue weighted by atomic mass is 10.1. The van der Waals surface area contributed by atoms with Gasteiger partial charge in [-0.3, -0.25) is 24.6 Å². The number of pyridine rings is 1. The number of amidine groups is 1. The van der Waals surface area contributed by atoms with E-state index < -0.39 is 12.7 Å². The molecular weight excluding hydrogens is 513 g/mol. The second-order valence-electron chi connectivity index (χ2n) is 8.87. The number of nitrogens with zero attached hydrogens (tertiary/aromatic N) is 5. The molecule has 4 rings (SSSR count). The minimum atomic E-state index is -4.29. The van der Waals surface area contributed by atoms with E-state index in [2.05, 4.69) is 32.3 Å². The summed E-state index contributed by atoms with van der Waals surface area (Å²) in [5.41, 5.74) is 6.40. The number of amides is 2. The zero-order valence-corrected chi connectivity index (χ0v) is 22.3. The van der Waals surface area contributed by atoms with Crippen molar-refractivity contribution in [2.24, 2.45) is 4.99 Å². The summed E-state index contributed by atoms with van der Waals surface area (Å²) in [6.07, 6.45) is 1.87. The van der Waals surface area contributed by atoms with Crippen LogP contribution in [0.25, 0.3) is 16.6 Å². The number of fused-ring (bicyclic) bond motifs is 1. The number of anilines is 2. The zero-order chi connectivity index (χ0) is 28.7. The molecular formula is C26H31F3N8O2. The summed E-state index contributed by atoms with van der Waals surface area (Å²) in [6, 6.07) is 5.86. The van der Waals surface area contributed by atoms with Gasteiger partial charge in [-0.25, -0.2) is 4.99 Å². The monoisotopic (exact) mass is 544 g/mol. The van der Waals surface area contributed by atoms with E-state index in [1.807, 2.05) is 52.2 Å². The summed E-state index contributed by atoms with van der Waals surface area (Å²) in [5.74, 6) is 0.642.